The third-order valence-corrected chi connectivity index (χ3v) is 4.79. The standard InChI is InChI=1S/C21H26F2N6O4/c1-2-26-15(11-13(24)18(22)23)20(31)28-21-27-14-9-12(19(25)30)10-16-17(14)29(21)5-3-6-32-7-4-8-33-16/h9-11,18H,2-8,24H2,1H3,(H2,25,30)(H,27,28,31). The number of carbonyl (C=O) groups excluding carboxylic acids is 2. The first-order chi connectivity index (χ1) is 15.8. The van der Waals surface area contributed by atoms with E-state index in [1.807, 2.05) is 0 Å². The third kappa shape index (κ3) is 5.83. The Morgan fingerprint density at radius 3 is 2.73 bits per heavy atom. The zero-order valence-corrected chi connectivity index (χ0v) is 18.1. The number of aromatic nitrogens is 2. The molecule has 33 heavy (non-hydrogen) atoms. The van der Waals surface area contributed by atoms with Gasteiger partial charge in [-0.1, -0.05) is 0 Å². The van der Waals surface area contributed by atoms with Crippen molar-refractivity contribution < 1.29 is 27.8 Å². The lowest BCUT2D eigenvalue weighted by molar-refractivity contribution is -0.110. The number of halogens is 2. The van der Waals surface area contributed by atoms with E-state index in [0.717, 1.165) is 6.08 Å². The van der Waals surface area contributed by atoms with Gasteiger partial charge in [-0.25, -0.2) is 13.8 Å². The van der Waals surface area contributed by atoms with Crippen LogP contribution in [0.5, 0.6) is 5.75 Å². The van der Waals surface area contributed by atoms with Crippen LogP contribution in [-0.4, -0.2) is 59.9 Å². The molecule has 1 aliphatic rings. The van der Waals surface area contributed by atoms with Crippen molar-refractivity contribution in [2.75, 3.05) is 31.7 Å². The Kier molecular flexibility index (Phi) is 7.93. The lowest BCUT2D eigenvalue weighted by atomic mass is 10.1. The van der Waals surface area contributed by atoms with Gasteiger partial charge < -0.3 is 25.5 Å². The van der Waals surface area contributed by atoms with Crippen molar-refractivity contribution in [3.63, 3.8) is 0 Å². The number of hydrogen-bond donors (Lipinski definition) is 3. The second kappa shape index (κ2) is 10.9. The summed E-state index contributed by atoms with van der Waals surface area (Å²) in [5.74, 6) is -0.885. The Hall–Kier alpha value is -3.54. The number of nitrogens with one attached hydrogen (secondary N) is 1. The van der Waals surface area contributed by atoms with Crippen LogP contribution in [0.15, 0.2) is 28.9 Å². The number of rotatable bonds is 6. The number of imidazole rings is 1. The molecule has 5 N–H and O–H groups in total. The number of hydrogen-bond acceptors (Lipinski definition) is 7. The van der Waals surface area contributed by atoms with Crippen LogP contribution in [0.25, 0.3) is 11.0 Å². The Bertz CT molecular complexity index is 1100. The molecular weight excluding hydrogens is 438 g/mol. The van der Waals surface area contributed by atoms with Crippen molar-refractivity contribution >= 4 is 34.5 Å². The molecular formula is C21H26F2N6O4. The molecule has 0 radical (unpaired) electrons. The van der Waals surface area contributed by atoms with Crippen LogP contribution in [0, 0.1) is 0 Å². The average molecular weight is 464 g/mol. The molecule has 0 fully saturated rings. The predicted molar refractivity (Wildman–Crippen MR) is 119 cm³/mol. The number of alkyl halides is 2. The van der Waals surface area contributed by atoms with Gasteiger partial charge in [0.25, 0.3) is 12.3 Å². The van der Waals surface area contributed by atoms with Crippen LogP contribution in [0.2, 0.25) is 0 Å². The van der Waals surface area contributed by atoms with Gasteiger partial charge in [0, 0.05) is 38.3 Å². The van der Waals surface area contributed by atoms with Gasteiger partial charge in [-0.15, -0.1) is 0 Å². The van der Waals surface area contributed by atoms with E-state index in [1.165, 1.54) is 12.1 Å². The van der Waals surface area contributed by atoms with E-state index < -0.39 is 23.9 Å². The number of primary amides is 1. The fraction of sp³-hybridized carbons (Fsp3) is 0.429. The Labute approximate surface area is 188 Å². The number of allylic oxidation sites excluding steroid dienone is 1. The number of nitrogens with two attached hydrogens (primary N) is 2. The van der Waals surface area contributed by atoms with Gasteiger partial charge in [0.05, 0.1) is 17.8 Å². The molecule has 2 amide bonds. The number of anilines is 1. The van der Waals surface area contributed by atoms with Crippen LogP contribution in [0.1, 0.15) is 30.1 Å². The largest absolute Gasteiger partial charge is 0.491 e. The molecule has 1 aromatic heterocycles. The topological polar surface area (TPSA) is 147 Å². The number of amides is 2. The van der Waals surface area contributed by atoms with E-state index in [0.29, 0.717) is 56.0 Å². The molecule has 0 bridgehead atoms. The lowest BCUT2D eigenvalue weighted by Gasteiger charge is -2.13. The quantitative estimate of drug-likeness (QED) is 0.556. The van der Waals surface area contributed by atoms with Crippen LogP contribution < -0.4 is 21.5 Å². The Morgan fingerprint density at radius 1 is 1.27 bits per heavy atom. The first-order valence-corrected chi connectivity index (χ1v) is 10.5. The van der Waals surface area contributed by atoms with Gasteiger partial charge >= 0.3 is 0 Å². The van der Waals surface area contributed by atoms with E-state index in [-0.39, 0.29) is 23.8 Å². The molecule has 178 valence electrons. The fourth-order valence-corrected chi connectivity index (χ4v) is 3.31. The van der Waals surface area contributed by atoms with E-state index in [9.17, 15) is 18.4 Å². The van der Waals surface area contributed by atoms with Gasteiger partial charge in [-0.2, -0.15) is 0 Å². The molecule has 1 aromatic carbocycles. The SMILES string of the molecule is CCN=C(C=C(N)C(F)F)C(=O)Nc1nc2cc(C(N)=O)cc3c2n1CCCOCCCO3. The maximum Gasteiger partial charge on any atom is 0.277 e. The minimum absolute atomic E-state index is 0.133. The van der Waals surface area contributed by atoms with E-state index >= 15 is 0 Å². The maximum atomic E-state index is 12.9. The molecule has 0 atom stereocenters. The van der Waals surface area contributed by atoms with E-state index in [1.54, 1.807) is 11.5 Å². The summed E-state index contributed by atoms with van der Waals surface area (Å²) in [6.45, 7) is 3.60. The van der Waals surface area contributed by atoms with Crippen LogP contribution >= 0.6 is 0 Å². The zero-order chi connectivity index (χ0) is 24.0. The van der Waals surface area contributed by atoms with Crippen molar-refractivity contribution in [3.8, 4) is 5.75 Å². The molecule has 2 heterocycles. The van der Waals surface area contributed by atoms with Crippen LogP contribution in [0.3, 0.4) is 0 Å². The van der Waals surface area contributed by atoms with Crippen LogP contribution in [0.4, 0.5) is 14.7 Å². The van der Waals surface area contributed by atoms with Crippen molar-refractivity contribution in [2.24, 2.45) is 16.5 Å². The molecule has 3 rings (SSSR count). The molecule has 2 aromatic rings. The molecule has 0 saturated carbocycles. The van der Waals surface area contributed by atoms with Crippen molar-refractivity contribution in [1.82, 2.24) is 9.55 Å². The summed E-state index contributed by atoms with van der Waals surface area (Å²) < 4.78 is 38.9. The number of nitrogens with zero attached hydrogens (tertiary/aromatic N) is 3. The smallest absolute Gasteiger partial charge is 0.277 e. The molecule has 0 saturated heterocycles. The number of benzene rings is 1. The highest BCUT2D eigenvalue weighted by molar-refractivity contribution is 6.47. The molecule has 12 heteroatoms. The van der Waals surface area contributed by atoms with Gasteiger partial charge in [0.1, 0.15) is 17.0 Å². The van der Waals surface area contributed by atoms with Gasteiger partial charge in [0.2, 0.25) is 11.9 Å². The highest BCUT2D eigenvalue weighted by Gasteiger charge is 2.22. The summed E-state index contributed by atoms with van der Waals surface area (Å²) in [7, 11) is 0. The van der Waals surface area contributed by atoms with Gasteiger partial charge in [-0.3, -0.25) is 19.9 Å². The minimum atomic E-state index is -2.93. The predicted octanol–water partition coefficient (Wildman–Crippen LogP) is 1.83. The molecule has 0 aliphatic carbocycles. The second-order valence-electron chi connectivity index (χ2n) is 7.22. The van der Waals surface area contributed by atoms with Crippen molar-refractivity contribution in [1.29, 1.82) is 0 Å². The summed E-state index contributed by atoms with van der Waals surface area (Å²) in [4.78, 5) is 33.0. The Morgan fingerprint density at radius 2 is 2.03 bits per heavy atom. The first-order valence-electron chi connectivity index (χ1n) is 10.5. The van der Waals surface area contributed by atoms with E-state index in [4.69, 9.17) is 20.9 Å². The van der Waals surface area contributed by atoms with Crippen molar-refractivity contribution in [3.05, 3.63) is 29.5 Å². The average Bonchev–Trinajstić information content (AvgIpc) is 3.09. The number of carbonyl (C=O) groups is 2. The highest BCUT2D eigenvalue weighted by atomic mass is 19.3. The lowest BCUT2D eigenvalue weighted by Crippen LogP contribution is -2.25. The summed E-state index contributed by atoms with van der Waals surface area (Å²) in [6.07, 6.45) is -0.827. The number of aryl methyl sites for hydroxylation is 1. The molecule has 0 unspecified atom stereocenters. The first kappa shape index (κ1) is 24.1. The number of ether oxygens (including phenoxy) is 2. The fourth-order valence-electron chi connectivity index (χ4n) is 3.31. The summed E-state index contributed by atoms with van der Waals surface area (Å²) in [6, 6.07) is 3.03. The number of aliphatic imine (C=N–C) groups is 1. The summed E-state index contributed by atoms with van der Waals surface area (Å²) in [5, 5.41) is 2.61. The van der Waals surface area contributed by atoms with Gasteiger partial charge in [0.15, 0.2) is 0 Å². The molecule has 1 aliphatic heterocycles. The van der Waals surface area contributed by atoms with Crippen molar-refractivity contribution in [2.45, 2.75) is 32.7 Å². The minimum Gasteiger partial charge on any atom is -0.491 e. The summed E-state index contributed by atoms with van der Waals surface area (Å²) >= 11 is 0. The molecule has 0 spiro atoms. The van der Waals surface area contributed by atoms with Gasteiger partial charge in [-0.05, 0) is 31.6 Å². The third-order valence-electron chi connectivity index (χ3n) is 4.79. The maximum absolute atomic E-state index is 12.9. The summed E-state index contributed by atoms with van der Waals surface area (Å²) in [5.41, 5.74) is 10.9. The van der Waals surface area contributed by atoms with Crippen LogP contribution in [-0.2, 0) is 16.1 Å². The monoisotopic (exact) mass is 464 g/mol. The van der Waals surface area contributed by atoms with E-state index in [2.05, 4.69) is 15.3 Å². The zero-order valence-electron chi connectivity index (χ0n) is 18.1. The Balaban J connectivity index is 2.07. The molecule has 10 nitrogen and oxygen atoms in total. The normalized spacial score (nSPS) is 15.8. The second-order valence-corrected chi connectivity index (χ2v) is 7.22. The highest BCUT2D eigenvalue weighted by Crippen LogP contribution is 2.31.